The zero-order valence-electron chi connectivity index (χ0n) is 13.6. The van der Waals surface area contributed by atoms with E-state index in [1.54, 1.807) is 6.92 Å². The predicted octanol–water partition coefficient (Wildman–Crippen LogP) is 0.872. The summed E-state index contributed by atoms with van der Waals surface area (Å²) in [6.45, 7) is 6.79. The number of nitrogens with zero attached hydrogens (tertiary/aromatic N) is 1. The summed E-state index contributed by atoms with van der Waals surface area (Å²) in [6.07, 6.45) is -0.808. The number of carbonyl (C=O) groups is 3. The molecule has 23 heavy (non-hydrogen) atoms. The Morgan fingerprint density at radius 3 is 2.48 bits per heavy atom. The second kappa shape index (κ2) is 6.92. The molecule has 2 heterocycles. The number of aliphatic hydroxyl groups is 1. The van der Waals surface area contributed by atoms with Gasteiger partial charge in [-0.2, -0.15) is 0 Å². The van der Waals surface area contributed by atoms with E-state index in [1.807, 2.05) is 13.8 Å². The van der Waals surface area contributed by atoms with Crippen LogP contribution < -0.4 is 0 Å². The standard InChI is InChI=1S/C15H21NO6S/c1-7(2)5-22-15(20)12-10(6-21-9(4)18)23-14-11(8(3)17)13(19)16(12)14/h7-8,11,14,17H,5-6H2,1-4H3/t8-,11+,14-/m1/s1. The highest BCUT2D eigenvalue weighted by Gasteiger charge is 2.57. The normalized spacial score (nSPS) is 24.4. The number of hydrogen-bond acceptors (Lipinski definition) is 7. The second-order valence-electron chi connectivity index (χ2n) is 6.03. The van der Waals surface area contributed by atoms with E-state index >= 15 is 0 Å². The van der Waals surface area contributed by atoms with Gasteiger partial charge in [0.05, 0.1) is 23.5 Å². The lowest BCUT2D eigenvalue weighted by Gasteiger charge is -2.43. The molecule has 3 atom stereocenters. The first-order chi connectivity index (χ1) is 10.7. The van der Waals surface area contributed by atoms with E-state index in [2.05, 4.69) is 0 Å². The van der Waals surface area contributed by atoms with E-state index in [0.29, 0.717) is 4.91 Å². The molecule has 8 heteroatoms. The number of fused-ring (bicyclic) bond motifs is 1. The number of hydrogen-bond donors (Lipinski definition) is 1. The van der Waals surface area contributed by atoms with Gasteiger partial charge in [0.25, 0.3) is 0 Å². The Bertz CT molecular complexity index is 556. The van der Waals surface area contributed by atoms with Gasteiger partial charge in [0.1, 0.15) is 17.7 Å². The molecule has 2 aliphatic heterocycles. The van der Waals surface area contributed by atoms with Gasteiger partial charge in [-0.05, 0) is 12.8 Å². The number of amides is 1. The average molecular weight is 343 g/mol. The number of carbonyl (C=O) groups excluding carboxylic acids is 3. The minimum Gasteiger partial charge on any atom is -0.461 e. The molecule has 0 aromatic rings. The SMILES string of the molecule is CC(=O)OCC1=C(C(=O)OCC(C)C)N2C(=O)[C@H]([C@@H](C)O)[C@H]2S1. The molecule has 2 aliphatic rings. The lowest BCUT2D eigenvalue weighted by molar-refractivity contribution is -0.158. The van der Waals surface area contributed by atoms with Crippen LogP contribution in [0.3, 0.4) is 0 Å². The van der Waals surface area contributed by atoms with Gasteiger partial charge in [0.2, 0.25) is 5.91 Å². The van der Waals surface area contributed by atoms with Crippen LogP contribution in [0.25, 0.3) is 0 Å². The number of β-lactam (4-membered cyclic amide) rings is 1. The molecule has 2 rings (SSSR count). The Morgan fingerprint density at radius 1 is 1.30 bits per heavy atom. The van der Waals surface area contributed by atoms with Crippen LogP contribution in [0.1, 0.15) is 27.7 Å². The molecule has 0 unspecified atom stereocenters. The maximum atomic E-state index is 12.3. The smallest absolute Gasteiger partial charge is 0.356 e. The molecule has 7 nitrogen and oxygen atoms in total. The highest BCUT2D eigenvalue weighted by molar-refractivity contribution is 8.04. The number of esters is 2. The summed E-state index contributed by atoms with van der Waals surface area (Å²) < 4.78 is 10.2. The lowest BCUT2D eigenvalue weighted by Crippen LogP contribution is -2.60. The van der Waals surface area contributed by atoms with Crippen LogP contribution in [0, 0.1) is 11.8 Å². The molecule has 0 radical (unpaired) electrons. The summed E-state index contributed by atoms with van der Waals surface area (Å²) in [5.41, 5.74) is 0.129. The van der Waals surface area contributed by atoms with E-state index in [-0.39, 0.29) is 36.1 Å². The molecule has 0 aliphatic carbocycles. The van der Waals surface area contributed by atoms with Crippen molar-refractivity contribution in [3.8, 4) is 0 Å². The van der Waals surface area contributed by atoms with E-state index in [1.165, 1.54) is 23.6 Å². The van der Waals surface area contributed by atoms with Gasteiger partial charge in [-0.3, -0.25) is 14.5 Å². The quantitative estimate of drug-likeness (QED) is 0.565. The summed E-state index contributed by atoms with van der Waals surface area (Å²) in [5.74, 6) is -1.79. The summed E-state index contributed by atoms with van der Waals surface area (Å²) in [5, 5.41) is 9.36. The molecule has 0 aromatic heterocycles. The third-order valence-electron chi connectivity index (χ3n) is 3.52. The number of rotatable bonds is 6. The summed E-state index contributed by atoms with van der Waals surface area (Å²) in [6, 6.07) is 0. The van der Waals surface area contributed by atoms with Crippen molar-refractivity contribution in [1.82, 2.24) is 4.90 Å². The van der Waals surface area contributed by atoms with Gasteiger partial charge in [-0.25, -0.2) is 4.79 Å². The fourth-order valence-electron chi connectivity index (χ4n) is 2.42. The Labute approximate surface area is 139 Å². The molecule has 1 amide bonds. The molecule has 0 aromatic carbocycles. The van der Waals surface area contributed by atoms with Crippen LogP contribution in [0.4, 0.5) is 0 Å². The van der Waals surface area contributed by atoms with Gasteiger partial charge in [-0.15, -0.1) is 0 Å². The zero-order valence-corrected chi connectivity index (χ0v) is 14.4. The topological polar surface area (TPSA) is 93.1 Å². The van der Waals surface area contributed by atoms with Crippen molar-refractivity contribution in [2.45, 2.75) is 39.2 Å². The number of ether oxygens (including phenoxy) is 2. The van der Waals surface area contributed by atoms with Crippen molar-refractivity contribution in [2.24, 2.45) is 11.8 Å². The van der Waals surface area contributed by atoms with Crippen molar-refractivity contribution >= 4 is 29.6 Å². The number of aliphatic hydroxyl groups excluding tert-OH is 1. The second-order valence-corrected chi connectivity index (χ2v) is 7.24. The van der Waals surface area contributed by atoms with Gasteiger partial charge in [-0.1, -0.05) is 25.6 Å². The van der Waals surface area contributed by atoms with Gasteiger partial charge in [0, 0.05) is 6.92 Å². The minimum atomic E-state index is -0.808. The Hall–Kier alpha value is -1.54. The summed E-state index contributed by atoms with van der Waals surface area (Å²) >= 11 is 1.26. The monoisotopic (exact) mass is 343 g/mol. The molecule has 1 N–H and O–H groups in total. The minimum absolute atomic E-state index is 0.0844. The molecule has 0 saturated carbocycles. The van der Waals surface area contributed by atoms with E-state index < -0.39 is 24.0 Å². The van der Waals surface area contributed by atoms with Crippen LogP contribution >= 0.6 is 11.8 Å². The van der Waals surface area contributed by atoms with Crippen LogP contribution in [0.15, 0.2) is 10.6 Å². The van der Waals surface area contributed by atoms with Crippen molar-refractivity contribution in [1.29, 1.82) is 0 Å². The molecular weight excluding hydrogens is 322 g/mol. The van der Waals surface area contributed by atoms with Crippen LogP contribution in [-0.4, -0.2) is 52.5 Å². The molecule has 1 fully saturated rings. The Kier molecular flexibility index (Phi) is 5.36. The Morgan fingerprint density at radius 2 is 1.96 bits per heavy atom. The van der Waals surface area contributed by atoms with Crippen molar-refractivity contribution < 1.29 is 29.0 Å². The van der Waals surface area contributed by atoms with Crippen molar-refractivity contribution in [3.05, 3.63) is 10.6 Å². The highest BCUT2D eigenvalue weighted by atomic mass is 32.2. The van der Waals surface area contributed by atoms with Crippen LogP contribution in [-0.2, 0) is 23.9 Å². The zero-order chi connectivity index (χ0) is 17.3. The summed E-state index contributed by atoms with van der Waals surface area (Å²) in [4.78, 5) is 37.4. The van der Waals surface area contributed by atoms with Gasteiger partial charge < -0.3 is 14.6 Å². The third-order valence-corrected chi connectivity index (χ3v) is 4.86. The van der Waals surface area contributed by atoms with Crippen LogP contribution in [0.5, 0.6) is 0 Å². The molecule has 0 bridgehead atoms. The molecule has 128 valence electrons. The maximum absolute atomic E-state index is 12.3. The van der Waals surface area contributed by atoms with Crippen molar-refractivity contribution in [3.63, 3.8) is 0 Å². The van der Waals surface area contributed by atoms with E-state index in [9.17, 15) is 19.5 Å². The largest absolute Gasteiger partial charge is 0.461 e. The van der Waals surface area contributed by atoms with Crippen LogP contribution in [0.2, 0.25) is 0 Å². The molecule has 1 saturated heterocycles. The first kappa shape index (κ1) is 17.8. The van der Waals surface area contributed by atoms with Crippen molar-refractivity contribution in [2.75, 3.05) is 13.2 Å². The predicted molar refractivity (Wildman–Crippen MR) is 82.9 cm³/mol. The fourth-order valence-corrected chi connectivity index (χ4v) is 3.94. The maximum Gasteiger partial charge on any atom is 0.356 e. The Balaban J connectivity index is 2.19. The van der Waals surface area contributed by atoms with Gasteiger partial charge >= 0.3 is 11.9 Å². The molecule has 0 spiro atoms. The van der Waals surface area contributed by atoms with E-state index in [4.69, 9.17) is 9.47 Å². The first-order valence-corrected chi connectivity index (χ1v) is 8.33. The lowest BCUT2D eigenvalue weighted by atomic mass is 9.92. The van der Waals surface area contributed by atoms with Gasteiger partial charge in [0.15, 0.2) is 0 Å². The third kappa shape index (κ3) is 3.53. The van der Waals surface area contributed by atoms with E-state index in [0.717, 1.165) is 0 Å². The fraction of sp³-hybridized carbons (Fsp3) is 0.667. The first-order valence-electron chi connectivity index (χ1n) is 7.45. The number of thioether (sulfide) groups is 1. The average Bonchev–Trinajstić information content (AvgIpc) is 2.76. The molecular formula is C15H21NO6S. The summed E-state index contributed by atoms with van der Waals surface area (Å²) in [7, 11) is 0. The highest BCUT2D eigenvalue weighted by Crippen LogP contribution is 2.50.